The summed E-state index contributed by atoms with van der Waals surface area (Å²) < 4.78 is 30.5. The summed E-state index contributed by atoms with van der Waals surface area (Å²) in [4.78, 5) is 17.7. The van der Waals surface area contributed by atoms with Crippen molar-refractivity contribution in [3.63, 3.8) is 0 Å². The molecule has 3 aromatic rings. The standard InChI is InChI=1S/C26H32N4O3S/c1-18-7-3-6-10-23(18)28-26(31)20-13-15-29(16-14-20)34(32,33)22-11-12-25-24(17-22)27-19(2)30(25)21-8-4-5-9-21/h3,6-7,10-12,17,20-21H,4-5,8-9,13-16H2,1-2H3,(H,28,31). The number of carbonyl (C=O) groups excluding carboxylic acids is 1. The molecule has 5 rings (SSSR count). The van der Waals surface area contributed by atoms with Crippen LogP contribution in [0.2, 0.25) is 0 Å². The molecule has 2 aromatic carbocycles. The molecule has 1 saturated carbocycles. The molecule has 1 aliphatic heterocycles. The molecule has 2 aliphatic rings. The van der Waals surface area contributed by atoms with Crippen molar-refractivity contribution in [2.75, 3.05) is 18.4 Å². The molecule has 0 unspecified atom stereocenters. The van der Waals surface area contributed by atoms with Gasteiger partial charge in [0.15, 0.2) is 0 Å². The molecule has 0 bridgehead atoms. The summed E-state index contributed by atoms with van der Waals surface area (Å²) in [6, 6.07) is 13.5. The lowest BCUT2D eigenvalue weighted by atomic mass is 9.97. The summed E-state index contributed by atoms with van der Waals surface area (Å²) in [6.07, 6.45) is 5.78. The Kier molecular flexibility index (Phi) is 6.20. The van der Waals surface area contributed by atoms with Gasteiger partial charge in [-0.25, -0.2) is 13.4 Å². The Hall–Kier alpha value is -2.71. The molecule has 2 heterocycles. The van der Waals surface area contributed by atoms with Gasteiger partial charge in [0.1, 0.15) is 5.82 Å². The van der Waals surface area contributed by atoms with Gasteiger partial charge in [-0.15, -0.1) is 0 Å². The van der Waals surface area contributed by atoms with Gasteiger partial charge < -0.3 is 9.88 Å². The zero-order valence-corrected chi connectivity index (χ0v) is 20.6. The Morgan fingerprint density at radius 2 is 1.71 bits per heavy atom. The summed E-state index contributed by atoms with van der Waals surface area (Å²) >= 11 is 0. The van der Waals surface area contributed by atoms with Crippen molar-refractivity contribution in [2.24, 2.45) is 5.92 Å². The molecule has 8 heteroatoms. The maximum absolute atomic E-state index is 13.4. The first-order valence-electron chi connectivity index (χ1n) is 12.2. The summed E-state index contributed by atoms with van der Waals surface area (Å²) in [6.45, 7) is 4.63. The van der Waals surface area contributed by atoms with E-state index in [1.54, 1.807) is 12.1 Å². The lowest BCUT2D eigenvalue weighted by molar-refractivity contribution is -0.120. The third-order valence-corrected chi connectivity index (χ3v) is 9.29. The van der Waals surface area contributed by atoms with Crippen LogP contribution in [0.1, 0.15) is 56.0 Å². The Balaban J connectivity index is 1.29. The minimum Gasteiger partial charge on any atom is -0.326 e. The highest BCUT2D eigenvalue weighted by Crippen LogP contribution is 2.34. The highest BCUT2D eigenvalue weighted by molar-refractivity contribution is 7.89. The van der Waals surface area contributed by atoms with Crippen LogP contribution in [0.25, 0.3) is 11.0 Å². The third kappa shape index (κ3) is 4.25. The van der Waals surface area contributed by atoms with Crippen LogP contribution >= 0.6 is 0 Å². The minimum atomic E-state index is -3.64. The van der Waals surface area contributed by atoms with Gasteiger partial charge in [0, 0.05) is 30.7 Å². The number of benzene rings is 2. The molecule has 7 nitrogen and oxygen atoms in total. The van der Waals surface area contributed by atoms with Crippen LogP contribution in [0.3, 0.4) is 0 Å². The Labute approximate surface area is 201 Å². The summed E-state index contributed by atoms with van der Waals surface area (Å²) in [7, 11) is -3.64. The summed E-state index contributed by atoms with van der Waals surface area (Å²) in [5.74, 6) is 0.705. The number of hydrogen-bond acceptors (Lipinski definition) is 4. The maximum Gasteiger partial charge on any atom is 0.243 e. The molecular formula is C26H32N4O3S. The number of nitrogens with one attached hydrogen (secondary N) is 1. The van der Waals surface area contributed by atoms with E-state index in [-0.39, 0.29) is 16.7 Å². The largest absolute Gasteiger partial charge is 0.326 e. The van der Waals surface area contributed by atoms with Crippen molar-refractivity contribution < 1.29 is 13.2 Å². The van der Waals surface area contributed by atoms with Crippen LogP contribution in [-0.4, -0.2) is 41.3 Å². The van der Waals surface area contributed by atoms with E-state index < -0.39 is 10.0 Å². The van der Waals surface area contributed by atoms with Gasteiger partial charge in [0.25, 0.3) is 0 Å². The van der Waals surface area contributed by atoms with Crippen LogP contribution < -0.4 is 5.32 Å². The van der Waals surface area contributed by atoms with Gasteiger partial charge in [-0.05, 0) is 69.4 Å². The quantitative estimate of drug-likeness (QED) is 0.568. The van der Waals surface area contributed by atoms with E-state index in [0.29, 0.717) is 32.0 Å². The van der Waals surface area contributed by atoms with Gasteiger partial charge in [0.05, 0.1) is 15.9 Å². The molecule has 0 radical (unpaired) electrons. The van der Waals surface area contributed by atoms with Crippen LogP contribution in [0, 0.1) is 19.8 Å². The number of aryl methyl sites for hydroxylation is 2. The van der Waals surface area contributed by atoms with Crippen LogP contribution in [0.4, 0.5) is 5.69 Å². The fraction of sp³-hybridized carbons (Fsp3) is 0.462. The minimum absolute atomic E-state index is 0.0410. The smallest absolute Gasteiger partial charge is 0.243 e. The van der Waals surface area contributed by atoms with E-state index in [0.717, 1.165) is 41.0 Å². The average molecular weight is 481 g/mol. The summed E-state index contributed by atoms with van der Waals surface area (Å²) in [5, 5.41) is 3.00. The van der Waals surface area contributed by atoms with Crippen molar-refractivity contribution in [3.8, 4) is 0 Å². The molecule has 1 aliphatic carbocycles. The molecule has 1 saturated heterocycles. The first-order chi connectivity index (χ1) is 16.3. The number of nitrogens with zero attached hydrogens (tertiary/aromatic N) is 3. The number of para-hydroxylation sites is 1. The second-order valence-corrected chi connectivity index (χ2v) is 11.5. The van der Waals surface area contributed by atoms with Crippen molar-refractivity contribution >= 4 is 32.7 Å². The van der Waals surface area contributed by atoms with Gasteiger partial charge >= 0.3 is 0 Å². The number of aromatic nitrogens is 2. The van der Waals surface area contributed by atoms with E-state index in [1.807, 2.05) is 44.2 Å². The molecule has 0 spiro atoms. The van der Waals surface area contributed by atoms with E-state index in [4.69, 9.17) is 0 Å². The van der Waals surface area contributed by atoms with E-state index >= 15 is 0 Å². The number of amides is 1. The normalized spacial score (nSPS) is 18.5. The van der Waals surface area contributed by atoms with Gasteiger partial charge in [-0.2, -0.15) is 4.31 Å². The lowest BCUT2D eigenvalue weighted by Crippen LogP contribution is -2.41. The number of hydrogen-bond donors (Lipinski definition) is 1. The molecule has 2 fully saturated rings. The number of imidazole rings is 1. The molecule has 0 atom stereocenters. The van der Waals surface area contributed by atoms with Crippen molar-refractivity contribution in [1.29, 1.82) is 0 Å². The molecule has 180 valence electrons. The predicted octanol–water partition coefficient (Wildman–Crippen LogP) is 4.81. The van der Waals surface area contributed by atoms with E-state index in [2.05, 4.69) is 14.9 Å². The Bertz CT molecular complexity index is 1320. The van der Waals surface area contributed by atoms with E-state index in [1.165, 1.54) is 17.1 Å². The zero-order chi connectivity index (χ0) is 23.9. The maximum atomic E-state index is 13.4. The first kappa shape index (κ1) is 23.1. The number of piperidine rings is 1. The van der Waals surface area contributed by atoms with Crippen LogP contribution in [-0.2, 0) is 14.8 Å². The second kappa shape index (κ2) is 9.15. The lowest BCUT2D eigenvalue weighted by Gasteiger charge is -2.30. The molecule has 1 N–H and O–H groups in total. The SMILES string of the molecule is Cc1ccccc1NC(=O)C1CCN(S(=O)(=O)c2ccc3c(c2)nc(C)n3C2CCCC2)CC1. The number of sulfonamides is 1. The van der Waals surface area contributed by atoms with Crippen LogP contribution in [0.15, 0.2) is 47.4 Å². The number of fused-ring (bicyclic) bond motifs is 1. The molecular weight excluding hydrogens is 448 g/mol. The fourth-order valence-electron chi connectivity index (χ4n) is 5.44. The number of carbonyl (C=O) groups is 1. The predicted molar refractivity (Wildman–Crippen MR) is 133 cm³/mol. The van der Waals surface area contributed by atoms with E-state index in [9.17, 15) is 13.2 Å². The topological polar surface area (TPSA) is 84.3 Å². The van der Waals surface area contributed by atoms with Crippen molar-refractivity contribution in [2.45, 2.75) is 63.3 Å². The monoisotopic (exact) mass is 480 g/mol. The Morgan fingerprint density at radius 1 is 1.00 bits per heavy atom. The van der Waals surface area contributed by atoms with Gasteiger partial charge in [0.2, 0.25) is 15.9 Å². The number of rotatable bonds is 5. The zero-order valence-electron chi connectivity index (χ0n) is 19.8. The molecule has 1 amide bonds. The number of anilines is 1. The molecule has 1 aromatic heterocycles. The highest BCUT2D eigenvalue weighted by Gasteiger charge is 2.33. The summed E-state index contributed by atoms with van der Waals surface area (Å²) in [5.41, 5.74) is 3.56. The second-order valence-electron chi connectivity index (χ2n) is 9.60. The first-order valence-corrected chi connectivity index (χ1v) is 13.6. The highest BCUT2D eigenvalue weighted by atomic mass is 32.2. The fourth-order valence-corrected chi connectivity index (χ4v) is 6.93. The van der Waals surface area contributed by atoms with Crippen molar-refractivity contribution in [1.82, 2.24) is 13.9 Å². The van der Waals surface area contributed by atoms with Gasteiger partial charge in [-0.1, -0.05) is 31.0 Å². The van der Waals surface area contributed by atoms with Crippen molar-refractivity contribution in [3.05, 3.63) is 53.9 Å². The van der Waals surface area contributed by atoms with Gasteiger partial charge in [-0.3, -0.25) is 4.79 Å². The Morgan fingerprint density at radius 3 is 2.41 bits per heavy atom. The molecule has 34 heavy (non-hydrogen) atoms. The average Bonchev–Trinajstić information content (AvgIpc) is 3.46. The van der Waals surface area contributed by atoms with Crippen LogP contribution in [0.5, 0.6) is 0 Å². The third-order valence-electron chi connectivity index (χ3n) is 7.39.